The maximum absolute atomic E-state index is 12.8. The number of hydrogen-bond acceptors (Lipinski definition) is 6. The van der Waals surface area contributed by atoms with Gasteiger partial charge in [0.1, 0.15) is 24.2 Å². The lowest BCUT2D eigenvalue weighted by Crippen LogP contribution is -2.41. The van der Waals surface area contributed by atoms with Gasteiger partial charge < -0.3 is 19.7 Å². The van der Waals surface area contributed by atoms with E-state index >= 15 is 0 Å². The number of nitro benzene ring substituents is 1. The van der Waals surface area contributed by atoms with Crippen LogP contribution < -0.4 is 14.8 Å². The van der Waals surface area contributed by atoms with Gasteiger partial charge in [-0.2, -0.15) is 0 Å². The Morgan fingerprint density at radius 3 is 1.92 bits per heavy atom. The van der Waals surface area contributed by atoms with Crippen molar-refractivity contribution in [1.29, 1.82) is 0 Å². The number of amides is 2. The van der Waals surface area contributed by atoms with Gasteiger partial charge >= 0.3 is 0 Å². The lowest BCUT2D eigenvalue weighted by molar-refractivity contribution is -0.384. The minimum absolute atomic E-state index is 0.0355. The molecule has 0 saturated carbocycles. The first-order valence-corrected chi connectivity index (χ1v) is 15.8. The summed E-state index contributed by atoms with van der Waals surface area (Å²) < 4.78 is 12.2. The average Bonchev–Trinajstić information content (AvgIpc) is 3.12. The van der Waals surface area contributed by atoms with Gasteiger partial charge in [0.05, 0.1) is 4.92 Å². The van der Waals surface area contributed by atoms with E-state index in [2.05, 4.69) is 5.32 Å². The standard InChI is InChI=1S/C39H35N3O6/c1-27-2-6-32(7-3-27)39(44)41-24-22-37(23-25-41)48-36-18-4-28(5-19-36)26-47-35-20-12-30(13-21-35)29-8-10-31(11-9-29)38(43)40-33-14-16-34(17-15-33)42(45)46/h2-21,37H,22-26H2,1H3,(H,40,43). The summed E-state index contributed by atoms with van der Waals surface area (Å²) in [7, 11) is 0. The van der Waals surface area contributed by atoms with Crippen LogP contribution in [-0.4, -0.2) is 40.8 Å². The third-order valence-electron chi connectivity index (χ3n) is 8.33. The van der Waals surface area contributed by atoms with E-state index in [9.17, 15) is 19.7 Å². The Morgan fingerprint density at radius 1 is 0.750 bits per heavy atom. The van der Waals surface area contributed by atoms with Crippen LogP contribution in [0.3, 0.4) is 0 Å². The van der Waals surface area contributed by atoms with Crippen LogP contribution in [0.25, 0.3) is 11.1 Å². The van der Waals surface area contributed by atoms with Crippen molar-refractivity contribution in [3.63, 3.8) is 0 Å². The molecule has 1 N–H and O–H groups in total. The van der Waals surface area contributed by atoms with Gasteiger partial charge in [0.15, 0.2) is 0 Å². The van der Waals surface area contributed by atoms with E-state index in [4.69, 9.17) is 9.47 Å². The number of anilines is 1. The fourth-order valence-corrected chi connectivity index (χ4v) is 5.51. The van der Waals surface area contributed by atoms with Gasteiger partial charge in [-0.1, -0.05) is 54.1 Å². The highest BCUT2D eigenvalue weighted by atomic mass is 16.6. The molecule has 0 bridgehead atoms. The van der Waals surface area contributed by atoms with Gasteiger partial charge in [-0.05, 0) is 84.3 Å². The van der Waals surface area contributed by atoms with Crippen molar-refractivity contribution >= 4 is 23.2 Å². The normalized spacial score (nSPS) is 13.1. The summed E-state index contributed by atoms with van der Waals surface area (Å²) in [5, 5.41) is 13.6. The van der Waals surface area contributed by atoms with Crippen molar-refractivity contribution in [2.75, 3.05) is 18.4 Å². The third-order valence-corrected chi connectivity index (χ3v) is 8.33. The van der Waals surface area contributed by atoms with Crippen molar-refractivity contribution in [1.82, 2.24) is 4.90 Å². The highest BCUT2D eigenvalue weighted by molar-refractivity contribution is 6.04. The number of aryl methyl sites for hydroxylation is 1. The second kappa shape index (κ2) is 14.6. The molecule has 2 amide bonds. The molecule has 9 nitrogen and oxygen atoms in total. The average molecular weight is 642 g/mol. The number of carbonyl (C=O) groups is 2. The Morgan fingerprint density at radius 2 is 1.31 bits per heavy atom. The number of carbonyl (C=O) groups excluding carboxylic acids is 2. The number of rotatable bonds is 10. The molecule has 1 heterocycles. The minimum atomic E-state index is -0.483. The second-order valence-electron chi connectivity index (χ2n) is 11.8. The molecular formula is C39H35N3O6. The van der Waals surface area contributed by atoms with Crippen LogP contribution in [0, 0.1) is 17.0 Å². The molecule has 0 aromatic heterocycles. The van der Waals surface area contributed by atoms with Gasteiger partial charge in [-0.15, -0.1) is 0 Å². The Bertz CT molecular complexity index is 1860. The first-order chi connectivity index (χ1) is 23.3. The van der Waals surface area contributed by atoms with Gasteiger partial charge in [-0.25, -0.2) is 0 Å². The number of nitrogens with one attached hydrogen (secondary N) is 1. The number of nitro groups is 1. The minimum Gasteiger partial charge on any atom is -0.490 e. The van der Waals surface area contributed by atoms with E-state index in [0.717, 1.165) is 52.2 Å². The summed E-state index contributed by atoms with van der Waals surface area (Å²) in [5.41, 5.74) is 5.75. The lowest BCUT2D eigenvalue weighted by atomic mass is 10.0. The van der Waals surface area contributed by atoms with Crippen LogP contribution in [0.15, 0.2) is 121 Å². The third kappa shape index (κ3) is 8.06. The SMILES string of the molecule is Cc1ccc(C(=O)N2CCC(Oc3ccc(COc4ccc(-c5ccc(C(=O)Nc6ccc([N+](=O)[O-])cc6)cc5)cc4)cc3)CC2)cc1. The van der Waals surface area contributed by atoms with Crippen LogP contribution in [0.1, 0.15) is 44.7 Å². The fraction of sp³-hybridized carbons (Fsp3) is 0.179. The molecule has 1 aliphatic heterocycles. The van der Waals surface area contributed by atoms with E-state index in [-0.39, 0.29) is 23.6 Å². The number of ether oxygens (including phenoxy) is 2. The molecule has 1 aliphatic rings. The second-order valence-corrected chi connectivity index (χ2v) is 11.8. The van der Waals surface area contributed by atoms with E-state index in [1.54, 1.807) is 12.1 Å². The van der Waals surface area contributed by atoms with Crippen LogP contribution >= 0.6 is 0 Å². The monoisotopic (exact) mass is 641 g/mol. The fourth-order valence-electron chi connectivity index (χ4n) is 5.51. The largest absolute Gasteiger partial charge is 0.490 e. The number of piperidine rings is 1. The van der Waals surface area contributed by atoms with E-state index in [1.165, 1.54) is 24.3 Å². The molecule has 6 rings (SSSR count). The summed E-state index contributed by atoms with van der Waals surface area (Å²) >= 11 is 0. The Kier molecular flexibility index (Phi) is 9.76. The Labute approximate surface area is 278 Å². The van der Waals surface area contributed by atoms with E-state index in [1.807, 2.05) is 96.8 Å². The molecule has 5 aromatic carbocycles. The quantitative estimate of drug-likeness (QED) is 0.122. The maximum Gasteiger partial charge on any atom is 0.269 e. The molecule has 0 unspecified atom stereocenters. The Hall–Kier alpha value is -5.96. The van der Waals surface area contributed by atoms with Crippen LogP contribution in [0.5, 0.6) is 11.5 Å². The molecule has 0 radical (unpaired) electrons. The summed E-state index contributed by atoms with van der Waals surface area (Å²) in [6.07, 6.45) is 1.66. The zero-order valence-corrected chi connectivity index (χ0v) is 26.5. The zero-order chi connectivity index (χ0) is 33.5. The van der Waals surface area contributed by atoms with Crippen LogP contribution in [0.4, 0.5) is 11.4 Å². The van der Waals surface area contributed by atoms with Crippen LogP contribution in [-0.2, 0) is 6.61 Å². The number of non-ortho nitro benzene ring substituents is 1. The molecular weight excluding hydrogens is 606 g/mol. The van der Waals surface area contributed by atoms with Crippen molar-refractivity contribution < 1.29 is 24.0 Å². The van der Waals surface area contributed by atoms with Gasteiger partial charge in [-0.3, -0.25) is 19.7 Å². The molecule has 48 heavy (non-hydrogen) atoms. The van der Waals surface area contributed by atoms with E-state index in [0.29, 0.717) is 30.9 Å². The number of nitrogens with zero attached hydrogens (tertiary/aromatic N) is 2. The van der Waals surface area contributed by atoms with Gasteiger partial charge in [0.25, 0.3) is 17.5 Å². The highest BCUT2D eigenvalue weighted by Gasteiger charge is 2.24. The molecule has 242 valence electrons. The van der Waals surface area contributed by atoms with Gasteiger partial charge in [0.2, 0.25) is 0 Å². The molecule has 5 aromatic rings. The molecule has 1 fully saturated rings. The van der Waals surface area contributed by atoms with Crippen LogP contribution in [0.2, 0.25) is 0 Å². The summed E-state index contributed by atoms with van der Waals surface area (Å²) in [4.78, 5) is 37.7. The van der Waals surface area contributed by atoms with E-state index < -0.39 is 4.92 Å². The molecule has 9 heteroatoms. The molecule has 1 saturated heterocycles. The summed E-state index contributed by atoms with van der Waals surface area (Å²) in [6.45, 7) is 3.78. The van der Waals surface area contributed by atoms with Crippen molar-refractivity contribution in [2.24, 2.45) is 0 Å². The topological polar surface area (TPSA) is 111 Å². The summed E-state index contributed by atoms with van der Waals surface area (Å²) in [6, 6.07) is 36.3. The molecule has 0 atom stereocenters. The predicted molar refractivity (Wildman–Crippen MR) is 184 cm³/mol. The number of likely N-dealkylation sites (tertiary alicyclic amines) is 1. The van der Waals surface area contributed by atoms with Crippen molar-refractivity contribution in [2.45, 2.75) is 32.5 Å². The molecule has 0 aliphatic carbocycles. The van der Waals surface area contributed by atoms with Crippen molar-refractivity contribution in [3.8, 4) is 22.6 Å². The van der Waals surface area contributed by atoms with Crippen molar-refractivity contribution in [3.05, 3.63) is 154 Å². The first-order valence-electron chi connectivity index (χ1n) is 15.8. The van der Waals surface area contributed by atoms with Gasteiger partial charge in [0, 0.05) is 54.9 Å². The zero-order valence-electron chi connectivity index (χ0n) is 26.5. The highest BCUT2D eigenvalue weighted by Crippen LogP contribution is 2.25. The Balaban J connectivity index is 0.946. The first kappa shape index (κ1) is 32.0. The lowest BCUT2D eigenvalue weighted by Gasteiger charge is -2.32. The summed E-state index contributed by atoms with van der Waals surface area (Å²) in [5.74, 6) is 1.32. The smallest absolute Gasteiger partial charge is 0.269 e. The number of benzene rings is 5. The molecule has 0 spiro atoms. The maximum atomic E-state index is 12.8. The predicted octanol–water partition coefficient (Wildman–Crippen LogP) is 8.09. The number of hydrogen-bond donors (Lipinski definition) is 1.